The Morgan fingerprint density at radius 1 is 1.32 bits per heavy atom. The number of nitrogens with one attached hydrogen (secondary N) is 1. The van der Waals surface area contributed by atoms with E-state index in [4.69, 9.17) is 9.47 Å². The lowest BCUT2D eigenvalue weighted by Crippen LogP contribution is -2.22. The number of hydrogen-bond donors (Lipinski definition) is 1. The number of carbonyl (C=O) groups is 3. The molecular formula is C18H25NO5S. The molecule has 1 aromatic rings. The summed E-state index contributed by atoms with van der Waals surface area (Å²) in [5, 5.41) is 4.97. The van der Waals surface area contributed by atoms with Gasteiger partial charge in [-0.15, -0.1) is 11.3 Å². The summed E-state index contributed by atoms with van der Waals surface area (Å²) in [5.41, 5.74) is 1.26. The van der Waals surface area contributed by atoms with Crippen LogP contribution in [-0.4, -0.2) is 31.1 Å². The third kappa shape index (κ3) is 5.29. The van der Waals surface area contributed by atoms with E-state index >= 15 is 0 Å². The van der Waals surface area contributed by atoms with Crippen molar-refractivity contribution in [1.29, 1.82) is 0 Å². The molecule has 25 heavy (non-hydrogen) atoms. The van der Waals surface area contributed by atoms with Crippen molar-refractivity contribution < 1.29 is 23.9 Å². The number of amides is 1. The Hall–Kier alpha value is -1.89. The molecule has 0 unspecified atom stereocenters. The third-order valence-corrected chi connectivity index (χ3v) is 4.93. The molecule has 0 spiro atoms. The number of ether oxygens (including phenoxy) is 2. The van der Waals surface area contributed by atoms with Crippen LogP contribution in [0.3, 0.4) is 0 Å². The summed E-state index contributed by atoms with van der Waals surface area (Å²) < 4.78 is 10.1. The predicted octanol–water partition coefficient (Wildman–Crippen LogP) is 3.26. The van der Waals surface area contributed by atoms with Gasteiger partial charge in [-0.2, -0.15) is 0 Å². The Morgan fingerprint density at radius 3 is 2.56 bits per heavy atom. The molecule has 0 aromatic carbocycles. The van der Waals surface area contributed by atoms with Crippen LogP contribution in [0.5, 0.6) is 0 Å². The first kappa shape index (κ1) is 19.4. The average Bonchev–Trinajstić information content (AvgIpc) is 3.14. The van der Waals surface area contributed by atoms with Crippen LogP contribution < -0.4 is 5.32 Å². The van der Waals surface area contributed by atoms with Gasteiger partial charge in [-0.3, -0.25) is 9.59 Å². The highest BCUT2D eigenvalue weighted by Gasteiger charge is 2.40. The SMILES string of the molecule is CCOC(=O)c1c(CC(C)C)csc1NC(=O)COC(=O)[C@@H]1C[C@H]1C. The zero-order valence-corrected chi connectivity index (χ0v) is 15.9. The molecule has 0 radical (unpaired) electrons. The summed E-state index contributed by atoms with van der Waals surface area (Å²) in [6, 6.07) is 0. The van der Waals surface area contributed by atoms with Gasteiger partial charge in [0.25, 0.3) is 5.91 Å². The molecule has 0 aliphatic heterocycles. The molecule has 1 saturated carbocycles. The molecule has 1 fully saturated rings. The van der Waals surface area contributed by atoms with Crippen molar-refractivity contribution >= 4 is 34.2 Å². The van der Waals surface area contributed by atoms with Crippen LogP contribution in [0.15, 0.2) is 5.38 Å². The van der Waals surface area contributed by atoms with Crippen LogP contribution in [0.2, 0.25) is 0 Å². The van der Waals surface area contributed by atoms with E-state index in [9.17, 15) is 14.4 Å². The molecule has 1 aliphatic rings. The van der Waals surface area contributed by atoms with Gasteiger partial charge >= 0.3 is 11.9 Å². The van der Waals surface area contributed by atoms with Crippen molar-refractivity contribution in [2.24, 2.45) is 17.8 Å². The number of esters is 2. The number of anilines is 1. The number of hydrogen-bond acceptors (Lipinski definition) is 6. The maximum absolute atomic E-state index is 12.3. The molecule has 0 saturated heterocycles. The molecule has 0 bridgehead atoms. The lowest BCUT2D eigenvalue weighted by molar-refractivity contribution is -0.148. The smallest absolute Gasteiger partial charge is 0.341 e. The van der Waals surface area contributed by atoms with Gasteiger partial charge in [-0.25, -0.2) is 4.79 Å². The molecule has 1 aromatic heterocycles. The molecule has 1 amide bonds. The molecular weight excluding hydrogens is 342 g/mol. The summed E-state index contributed by atoms with van der Waals surface area (Å²) >= 11 is 1.28. The van der Waals surface area contributed by atoms with E-state index in [1.165, 1.54) is 11.3 Å². The van der Waals surface area contributed by atoms with Gasteiger partial charge in [0.2, 0.25) is 0 Å². The maximum Gasteiger partial charge on any atom is 0.341 e. The van der Waals surface area contributed by atoms with Crippen molar-refractivity contribution in [3.05, 3.63) is 16.5 Å². The van der Waals surface area contributed by atoms with Gasteiger partial charge in [0.05, 0.1) is 18.1 Å². The zero-order valence-electron chi connectivity index (χ0n) is 15.1. The van der Waals surface area contributed by atoms with Gasteiger partial charge in [0.15, 0.2) is 6.61 Å². The molecule has 1 aliphatic carbocycles. The minimum absolute atomic E-state index is 0.0812. The van der Waals surface area contributed by atoms with Crippen LogP contribution in [-0.2, 0) is 25.5 Å². The van der Waals surface area contributed by atoms with E-state index in [0.29, 0.717) is 22.4 Å². The van der Waals surface area contributed by atoms with E-state index in [2.05, 4.69) is 19.2 Å². The Balaban J connectivity index is 2.01. The second kappa shape index (κ2) is 8.47. The Labute approximate surface area is 151 Å². The Morgan fingerprint density at radius 2 is 2.00 bits per heavy atom. The Kier molecular flexibility index (Phi) is 6.58. The fourth-order valence-corrected chi connectivity index (χ4v) is 3.54. The minimum Gasteiger partial charge on any atom is -0.462 e. The van der Waals surface area contributed by atoms with Gasteiger partial charge < -0.3 is 14.8 Å². The van der Waals surface area contributed by atoms with Crippen molar-refractivity contribution in [3.63, 3.8) is 0 Å². The minimum atomic E-state index is -0.454. The molecule has 7 heteroatoms. The molecule has 6 nitrogen and oxygen atoms in total. The molecule has 1 heterocycles. The lowest BCUT2D eigenvalue weighted by Gasteiger charge is -2.10. The highest BCUT2D eigenvalue weighted by molar-refractivity contribution is 7.15. The van der Waals surface area contributed by atoms with Gasteiger partial charge in [0, 0.05) is 0 Å². The van der Waals surface area contributed by atoms with Crippen molar-refractivity contribution in [2.75, 3.05) is 18.5 Å². The van der Waals surface area contributed by atoms with E-state index in [-0.39, 0.29) is 25.1 Å². The van der Waals surface area contributed by atoms with Crippen LogP contribution in [0.1, 0.15) is 50.0 Å². The summed E-state index contributed by atoms with van der Waals surface area (Å²) in [7, 11) is 0. The molecule has 2 rings (SSSR count). The largest absolute Gasteiger partial charge is 0.462 e. The average molecular weight is 367 g/mol. The second-order valence-electron chi connectivity index (χ2n) is 6.76. The fourth-order valence-electron chi connectivity index (χ4n) is 2.56. The highest BCUT2D eigenvalue weighted by atomic mass is 32.1. The lowest BCUT2D eigenvalue weighted by atomic mass is 10.0. The van der Waals surface area contributed by atoms with Crippen LogP contribution in [0.25, 0.3) is 0 Å². The first-order valence-corrected chi connectivity index (χ1v) is 9.45. The van der Waals surface area contributed by atoms with Gasteiger partial charge in [-0.1, -0.05) is 20.8 Å². The fraction of sp³-hybridized carbons (Fsp3) is 0.611. The van der Waals surface area contributed by atoms with Crippen LogP contribution >= 0.6 is 11.3 Å². The van der Waals surface area contributed by atoms with E-state index < -0.39 is 11.9 Å². The van der Waals surface area contributed by atoms with E-state index in [0.717, 1.165) is 18.4 Å². The van der Waals surface area contributed by atoms with Crippen molar-refractivity contribution in [3.8, 4) is 0 Å². The first-order valence-electron chi connectivity index (χ1n) is 8.57. The second-order valence-corrected chi connectivity index (χ2v) is 7.64. The van der Waals surface area contributed by atoms with Gasteiger partial charge in [-0.05, 0) is 42.5 Å². The summed E-state index contributed by atoms with van der Waals surface area (Å²) in [6.07, 6.45) is 1.53. The van der Waals surface area contributed by atoms with Gasteiger partial charge in [0.1, 0.15) is 5.00 Å². The predicted molar refractivity (Wildman–Crippen MR) is 95.7 cm³/mol. The third-order valence-electron chi connectivity index (χ3n) is 3.99. The highest BCUT2D eigenvalue weighted by Crippen LogP contribution is 2.38. The molecule has 2 atom stereocenters. The molecule has 1 N–H and O–H groups in total. The maximum atomic E-state index is 12.3. The molecule has 138 valence electrons. The summed E-state index contributed by atoms with van der Waals surface area (Å²) in [5.74, 6) is -0.611. The first-order chi connectivity index (χ1) is 11.8. The van der Waals surface area contributed by atoms with Crippen LogP contribution in [0, 0.1) is 17.8 Å². The standard InChI is InChI=1S/C18H25NO5S/c1-5-23-18(22)15-12(6-10(2)3)9-25-16(15)19-14(20)8-24-17(21)13-7-11(13)4/h9-11,13H,5-8H2,1-4H3,(H,19,20)/t11-,13-/m1/s1. The number of rotatable bonds is 8. The quantitative estimate of drug-likeness (QED) is 0.713. The topological polar surface area (TPSA) is 81.7 Å². The summed E-state index contributed by atoms with van der Waals surface area (Å²) in [4.78, 5) is 36.0. The monoisotopic (exact) mass is 367 g/mol. The van der Waals surface area contributed by atoms with E-state index in [1.807, 2.05) is 12.3 Å². The van der Waals surface area contributed by atoms with Crippen LogP contribution in [0.4, 0.5) is 5.00 Å². The number of carbonyl (C=O) groups excluding carboxylic acids is 3. The van der Waals surface area contributed by atoms with Crippen molar-refractivity contribution in [1.82, 2.24) is 0 Å². The normalized spacial score (nSPS) is 18.8. The zero-order chi connectivity index (χ0) is 18.6. The number of thiophene rings is 1. The van der Waals surface area contributed by atoms with E-state index in [1.54, 1.807) is 6.92 Å². The Bertz CT molecular complexity index is 652. The summed E-state index contributed by atoms with van der Waals surface area (Å²) in [6.45, 7) is 7.75. The van der Waals surface area contributed by atoms with Crippen molar-refractivity contribution in [2.45, 2.75) is 40.5 Å².